The van der Waals surface area contributed by atoms with Gasteiger partial charge in [-0.2, -0.15) is 0 Å². The molecule has 0 saturated carbocycles. The van der Waals surface area contributed by atoms with Crippen molar-refractivity contribution in [2.24, 2.45) is 0 Å². The van der Waals surface area contributed by atoms with Gasteiger partial charge >= 0.3 is 0 Å². The molecule has 0 aliphatic rings. The van der Waals surface area contributed by atoms with E-state index < -0.39 is 0 Å². The molecule has 2 rings (SSSR count). The molecule has 2 aromatic rings. The van der Waals surface area contributed by atoms with Crippen LogP contribution in [0.15, 0.2) is 42.5 Å². The first-order valence-corrected chi connectivity index (χ1v) is 7.45. The first-order chi connectivity index (χ1) is 9.10. The highest BCUT2D eigenvalue weighted by Crippen LogP contribution is 2.26. The fourth-order valence-corrected chi connectivity index (χ4v) is 2.50. The summed E-state index contributed by atoms with van der Waals surface area (Å²) in [7, 11) is 0. The first-order valence-electron chi connectivity index (χ1n) is 5.57. The van der Waals surface area contributed by atoms with E-state index in [1.165, 1.54) is 12.1 Å². The predicted molar refractivity (Wildman–Crippen MR) is 84.5 cm³/mol. The smallest absolute Gasteiger partial charge is 0.124 e. The monoisotopic (exact) mass is 358 g/mol. The molecule has 0 aliphatic heterocycles. The van der Waals surface area contributed by atoms with Gasteiger partial charge in [-0.15, -0.1) is 0 Å². The number of halogens is 4. The van der Waals surface area contributed by atoms with Gasteiger partial charge < -0.3 is 0 Å². The summed E-state index contributed by atoms with van der Waals surface area (Å²) in [6.07, 6.45) is 1.93. The topological polar surface area (TPSA) is 0 Å². The molecule has 0 aromatic heterocycles. The standard InChI is InChI=1S/C15H10BrCl2F/c16-9-12(10-1-4-13(17)5-2-10)7-11-3-6-14(19)8-15(11)18/h1-8H,9H2/b12-7+. The Morgan fingerprint density at radius 2 is 1.79 bits per heavy atom. The Morgan fingerprint density at radius 3 is 2.37 bits per heavy atom. The number of alkyl halides is 1. The van der Waals surface area contributed by atoms with Gasteiger partial charge in [0.05, 0.1) is 5.02 Å². The average Bonchev–Trinajstić information content (AvgIpc) is 2.39. The molecule has 0 amide bonds. The van der Waals surface area contributed by atoms with Crippen molar-refractivity contribution < 1.29 is 4.39 Å². The third-order valence-corrected chi connectivity index (χ3v) is 3.83. The summed E-state index contributed by atoms with van der Waals surface area (Å²) in [6.45, 7) is 0. The van der Waals surface area contributed by atoms with E-state index in [0.717, 1.165) is 16.7 Å². The molecule has 0 aliphatic carbocycles. The Morgan fingerprint density at radius 1 is 1.11 bits per heavy atom. The Hall–Kier alpha value is -0.830. The van der Waals surface area contributed by atoms with Crippen LogP contribution in [-0.4, -0.2) is 5.33 Å². The second-order valence-electron chi connectivity index (χ2n) is 3.98. The summed E-state index contributed by atoms with van der Waals surface area (Å²) in [5.74, 6) is -0.339. The normalized spacial score (nSPS) is 11.7. The van der Waals surface area contributed by atoms with Crippen LogP contribution in [0.5, 0.6) is 0 Å². The lowest BCUT2D eigenvalue weighted by molar-refractivity contribution is 0.628. The molecule has 0 unspecified atom stereocenters. The van der Waals surface area contributed by atoms with Crippen molar-refractivity contribution in [2.45, 2.75) is 0 Å². The van der Waals surface area contributed by atoms with Crippen LogP contribution < -0.4 is 0 Å². The van der Waals surface area contributed by atoms with Crippen molar-refractivity contribution in [1.29, 1.82) is 0 Å². The molecule has 0 spiro atoms. The van der Waals surface area contributed by atoms with Crippen LogP contribution in [0, 0.1) is 5.82 Å². The van der Waals surface area contributed by atoms with Crippen LogP contribution in [0.2, 0.25) is 10.0 Å². The third kappa shape index (κ3) is 3.82. The van der Waals surface area contributed by atoms with Crippen LogP contribution in [0.25, 0.3) is 11.6 Å². The second kappa shape index (κ2) is 6.56. The molecule has 0 N–H and O–H groups in total. The molecule has 0 radical (unpaired) electrons. The Labute approximate surface area is 130 Å². The molecule has 0 fully saturated rings. The average molecular weight is 360 g/mol. The lowest BCUT2D eigenvalue weighted by Gasteiger charge is -2.06. The van der Waals surface area contributed by atoms with Crippen molar-refractivity contribution in [2.75, 3.05) is 5.33 Å². The summed E-state index contributed by atoms with van der Waals surface area (Å²) < 4.78 is 13.0. The van der Waals surface area contributed by atoms with E-state index in [9.17, 15) is 4.39 Å². The zero-order valence-corrected chi connectivity index (χ0v) is 12.9. The molecule has 0 atom stereocenters. The summed E-state index contributed by atoms with van der Waals surface area (Å²) in [5, 5.41) is 1.76. The zero-order valence-electron chi connectivity index (χ0n) is 9.84. The van der Waals surface area contributed by atoms with Gasteiger partial charge in [-0.05, 0) is 47.0 Å². The summed E-state index contributed by atoms with van der Waals surface area (Å²) in [6, 6.07) is 11.9. The number of allylic oxidation sites excluding steroid dienone is 1. The molecule has 0 saturated heterocycles. The van der Waals surface area contributed by atoms with Gasteiger partial charge in [0.2, 0.25) is 0 Å². The van der Waals surface area contributed by atoms with Crippen molar-refractivity contribution in [1.82, 2.24) is 0 Å². The highest BCUT2D eigenvalue weighted by molar-refractivity contribution is 9.09. The van der Waals surface area contributed by atoms with Gasteiger partial charge in [-0.25, -0.2) is 4.39 Å². The van der Waals surface area contributed by atoms with E-state index in [1.807, 2.05) is 30.3 Å². The predicted octanol–water partition coefficient (Wildman–Crippen LogP) is 6.07. The van der Waals surface area contributed by atoms with E-state index in [-0.39, 0.29) is 5.82 Å². The van der Waals surface area contributed by atoms with Crippen LogP contribution in [-0.2, 0) is 0 Å². The lowest BCUT2D eigenvalue weighted by atomic mass is 10.0. The van der Waals surface area contributed by atoms with Gasteiger partial charge in [0.1, 0.15) is 5.82 Å². The fourth-order valence-electron chi connectivity index (χ4n) is 1.67. The van der Waals surface area contributed by atoms with Crippen LogP contribution in [0.4, 0.5) is 4.39 Å². The molecule has 0 bridgehead atoms. The van der Waals surface area contributed by atoms with E-state index in [4.69, 9.17) is 23.2 Å². The van der Waals surface area contributed by atoms with Gasteiger partial charge in [0, 0.05) is 10.4 Å². The SMILES string of the molecule is Fc1ccc(/C=C(\CBr)c2ccc(Cl)cc2)c(Cl)c1. The zero-order chi connectivity index (χ0) is 13.8. The quantitative estimate of drug-likeness (QED) is 0.461. The molecule has 98 valence electrons. The van der Waals surface area contributed by atoms with Crippen molar-refractivity contribution in [3.8, 4) is 0 Å². The first kappa shape index (κ1) is 14.6. The number of hydrogen-bond donors (Lipinski definition) is 0. The number of benzene rings is 2. The minimum absolute atomic E-state index is 0.339. The van der Waals surface area contributed by atoms with Crippen LogP contribution >= 0.6 is 39.1 Å². The number of rotatable bonds is 3. The lowest BCUT2D eigenvalue weighted by Crippen LogP contribution is -1.87. The van der Waals surface area contributed by atoms with Gasteiger partial charge in [0.25, 0.3) is 0 Å². The Kier molecular flexibility index (Phi) is 5.03. The largest absolute Gasteiger partial charge is 0.207 e. The molecular formula is C15H10BrCl2F. The summed E-state index contributed by atoms with van der Waals surface area (Å²) in [5.41, 5.74) is 2.87. The summed E-state index contributed by atoms with van der Waals surface area (Å²) in [4.78, 5) is 0. The molecule has 0 nitrogen and oxygen atoms in total. The number of hydrogen-bond acceptors (Lipinski definition) is 0. The minimum Gasteiger partial charge on any atom is -0.207 e. The molecular weight excluding hydrogens is 350 g/mol. The van der Waals surface area contributed by atoms with Crippen LogP contribution in [0.3, 0.4) is 0 Å². The highest BCUT2D eigenvalue weighted by atomic mass is 79.9. The fraction of sp³-hybridized carbons (Fsp3) is 0.0667. The summed E-state index contributed by atoms with van der Waals surface area (Å²) >= 11 is 15.3. The maximum Gasteiger partial charge on any atom is 0.124 e. The van der Waals surface area contributed by atoms with Gasteiger partial charge in [-0.1, -0.05) is 57.3 Å². The third-order valence-electron chi connectivity index (χ3n) is 2.65. The van der Waals surface area contributed by atoms with E-state index in [1.54, 1.807) is 6.07 Å². The van der Waals surface area contributed by atoms with Gasteiger partial charge in [-0.3, -0.25) is 0 Å². The van der Waals surface area contributed by atoms with E-state index in [2.05, 4.69) is 15.9 Å². The van der Waals surface area contributed by atoms with E-state index >= 15 is 0 Å². The highest BCUT2D eigenvalue weighted by Gasteiger charge is 2.04. The maximum absolute atomic E-state index is 13.0. The molecule has 19 heavy (non-hydrogen) atoms. The van der Waals surface area contributed by atoms with Crippen LogP contribution in [0.1, 0.15) is 11.1 Å². The Bertz CT molecular complexity index is 606. The van der Waals surface area contributed by atoms with Crippen molar-refractivity contribution in [3.05, 3.63) is 69.5 Å². The van der Waals surface area contributed by atoms with Crippen molar-refractivity contribution >= 4 is 50.8 Å². The Balaban J connectivity index is 2.40. The maximum atomic E-state index is 13.0. The minimum atomic E-state index is -0.339. The molecule has 2 aromatic carbocycles. The second-order valence-corrected chi connectivity index (χ2v) is 5.38. The van der Waals surface area contributed by atoms with Gasteiger partial charge in [0.15, 0.2) is 0 Å². The van der Waals surface area contributed by atoms with E-state index in [0.29, 0.717) is 15.4 Å². The molecule has 4 heteroatoms. The molecule has 0 heterocycles. The van der Waals surface area contributed by atoms with Crippen molar-refractivity contribution in [3.63, 3.8) is 0 Å².